The molecule has 9 heteroatoms. The predicted molar refractivity (Wildman–Crippen MR) is 66.5 cm³/mol. The first-order chi connectivity index (χ1) is 9.43. The molecule has 1 unspecified atom stereocenters. The number of benzene rings is 1. The van der Waals surface area contributed by atoms with E-state index < -0.39 is 23.7 Å². The van der Waals surface area contributed by atoms with Crippen LogP contribution in [0, 0.1) is 10.1 Å². The fourth-order valence-corrected chi connectivity index (χ4v) is 1.35. The van der Waals surface area contributed by atoms with Crippen molar-refractivity contribution >= 4 is 11.8 Å². The Kier molecular flexibility index (Phi) is 5.69. The lowest BCUT2D eigenvalue weighted by Crippen LogP contribution is -2.23. The van der Waals surface area contributed by atoms with Gasteiger partial charge in [-0.2, -0.15) is 0 Å². The molecule has 1 aromatic carbocycles. The number of nitrogens with zero attached hydrogens (tertiary/aromatic N) is 1. The zero-order valence-electron chi connectivity index (χ0n) is 10.4. The van der Waals surface area contributed by atoms with E-state index in [2.05, 4.69) is 5.32 Å². The third-order valence-corrected chi connectivity index (χ3v) is 2.33. The van der Waals surface area contributed by atoms with Gasteiger partial charge in [-0.1, -0.05) is 0 Å². The van der Waals surface area contributed by atoms with E-state index in [1.54, 1.807) is 0 Å². The summed E-state index contributed by atoms with van der Waals surface area (Å²) < 4.78 is 5.17. The Bertz CT molecular complexity index is 492. The maximum absolute atomic E-state index is 10.7. The van der Waals surface area contributed by atoms with Gasteiger partial charge in [0.25, 0.3) is 5.69 Å². The Labute approximate surface area is 113 Å². The summed E-state index contributed by atoms with van der Waals surface area (Å²) in [7, 11) is 0. The topological polar surface area (TPSA) is 142 Å². The number of carboxylic acid groups (broad SMARTS) is 1. The number of non-ortho nitro benzene ring substituents is 1. The average Bonchev–Trinajstić information content (AvgIpc) is 2.42. The molecule has 0 saturated carbocycles. The summed E-state index contributed by atoms with van der Waals surface area (Å²) in [4.78, 5) is 20.5. The molecular weight excluding hydrogens is 272 g/mol. The number of amides is 1. The summed E-state index contributed by atoms with van der Waals surface area (Å²) in [6, 6.07) is 3.70. The molecule has 0 aliphatic carbocycles. The third kappa shape index (κ3) is 4.71. The van der Waals surface area contributed by atoms with Crippen LogP contribution < -0.4 is 10.1 Å². The molecule has 0 radical (unpaired) electrons. The highest BCUT2D eigenvalue weighted by molar-refractivity contribution is 5.64. The molecule has 4 N–H and O–H groups in total. The predicted octanol–water partition coefficient (Wildman–Crippen LogP) is 0.0944. The summed E-state index contributed by atoms with van der Waals surface area (Å²) in [6.07, 6.45) is -2.38. The maximum atomic E-state index is 10.7. The molecule has 1 rings (SSSR count). The molecule has 1 aromatic rings. The van der Waals surface area contributed by atoms with E-state index in [-0.39, 0.29) is 24.6 Å². The molecule has 9 nitrogen and oxygen atoms in total. The van der Waals surface area contributed by atoms with Gasteiger partial charge < -0.3 is 25.4 Å². The van der Waals surface area contributed by atoms with Crippen LogP contribution in [0.2, 0.25) is 0 Å². The number of nitro benzene ring substituents is 1. The number of rotatable bonds is 7. The van der Waals surface area contributed by atoms with Crippen molar-refractivity contribution in [2.75, 3.05) is 13.2 Å². The third-order valence-electron chi connectivity index (χ3n) is 2.33. The highest BCUT2D eigenvalue weighted by Crippen LogP contribution is 2.25. The van der Waals surface area contributed by atoms with Crippen LogP contribution in [-0.2, 0) is 6.54 Å². The van der Waals surface area contributed by atoms with E-state index in [1.807, 2.05) is 0 Å². The van der Waals surface area contributed by atoms with Crippen LogP contribution >= 0.6 is 0 Å². The van der Waals surface area contributed by atoms with E-state index in [9.17, 15) is 20.0 Å². The summed E-state index contributed by atoms with van der Waals surface area (Å²) in [5.74, 6) is 0.0699. The molecule has 0 aliphatic rings. The molecular formula is C11H14N2O7. The average molecular weight is 286 g/mol. The Morgan fingerprint density at radius 2 is 2.20 bits per heavy atom. The number of aliphatic hydroxyl groups excluding tert-OH is 2. The monoisotopic (exact) mass is 286 g/mol. The lowest BCUT2D eigenvalue weighted by atomic mass is 10.2. The maximum Gasteiger partial charge on any atom is 0.404 e. The molecule has 1 atom stereocenters. The van der Waals surface area contributed by atoms with Gasteiger partial charge in [0, 0.05) is 18.2 Å². The second-order valence-corrected chi connectivity index (χ2v) is 3.86. The van der Waals surface area contributed by atoms with Crippen molar-refractivity contribution in [2.24, 2.45) is 0 Å². The Hall–Kier alpha value is -2.39. The Morgan fingerprint density at radius 3 is 2.75 bits per heavy atom. The number of hydrogen-bond donors (Lipinski definition) is 4. The van der Waals surface area contributed by atoms with Crippen LogP contribution in [0.25, 0.3) is 0 Å². The highest BCUT2D eigenvalue weighted by Gasteiger charge is 2.14. The van der Waals surface area contributed by atoms with Gasteiger partial charge in [-0.05, 0) is 6.07 Å². The molecule has 1 amide bonds. The summed E-state index contributed by atoms with van der Waals surface area (Å²) in [5.41, 5.74) is 0.153. The minimum absolute atomic E-state index is 0.0699. The molecule has 0 saturated heterocycles. The molecule has 110 valence electrons. The van der Waals surface area contributed by atoms with Gasteiger partial charge in [-0.15, -0.1) is 0 Å². The minimum atomic E-state index is -1.25. The molecule has 0 aromatic heterocycles. The number of hydrogen-bond acceptors (Lipinski definition) is 6. The van der Waals surface area contributed by atoms with Crippen LogP contribution in [0.5, 0.6) is 5.75 Å². The van der Waals surface area contributed by atoms with Crippen LogP contribution in [0.3, 0.4) is 0 Å². The number of nitro groups is 1. The van der Waals surface area contributed by atoms with Crippen LogP contribution in [-0.4, -0.2) is 45.7 Å². The van der Waals surface area contributed by atoms with Crippen LogP contribution in [0.15, 0.2) is 18.2 Å². The van der Waals surface area contributed by atoms with E-state index in [4.69, 9.17) is 14.9 Å². The number of carbonyl (C=O) groups is 1. The van der Waals surface area contributed by atoms with Gasteiger partial charge in [0.2, 0.25) is 0 Å². The molecule has 0 bridgehead atoms. The van der Waals surface area contributed by atoms with Crippen molar-refractivity contribution < 1.29 is 29.8 Å². The van der Waals surface area contributed by atoms with Gasteiger partial charge in [-0.25, -0.2) is 4.79 Å². The van der Waals surface area contributed by atoms with E-state index in [0.29, 0.717) is 5.56 Å². The first-order valence-corrected chi connectivity index (χ1v) is 5.60. The van der Waals surface area contributed by atoms with Crippen molar-refractivity contribution in [3.8, 4) is 5.75 Å². The smallest absolute Gasteiger partial charge is 0.404 e. The summed E-state index contributed by atoms with van der Waals surface area (Å²) in [6.45, 7) is -0.882. The zero-order valence-corrected chi connectivity index (χ0v) is 10.4. The quantitative estimate of drug-likeness (QED) is 0.411. The van der Waals surface area contributed by atoms with Crippen molar-refractivity contribution in [1.29, 1.82) is 0 Å². The fourth-order valence-electron chi connectivity index (χ4n) is 1.35. The number of ether oxygens (including phenoxy) is 1. The van der Waals surface area contributed by atoms with Crippen molar-refractivity contribution in [3.63, 3.8) is 0 Å². The number of aliphatic hydroxyl groups is 2. The number of nitrogens with one attached hydrogen (secondary N) is 1. The summed E-state index contributed by atoms with van der Waals surface area (Å²) >= 11 is 0. The van der Waals surface area contributed by atoms with Gasteiger partial charge >= 0.3 is 6.09 Å². The lowest BCUT2D eigenvalue weighted by Gasteiger charge is -2.13. The van der Waals surface area contributed by atoms with E-state index >= 15 is 0 Å². The minimum Gasteiger partial charge on any atom is -0.490 e. The van der Waals surface area contributed by atoms with Crippen LogP contribution in [0.4, 0.5) is 10.5 Å². The van der Waals surface area contributed by atoms with Gasteiger partial charge in [0.15, 0.2) is 0 Å². The van der Waals surface area contributed by atoms with Crippen molar-refractivity contribution in [3.05, 3.63) is 33.9 Å². The normalized spacial score (nSPS) is 11.7. The standard InChI is InChI=1S/C11H14N2O7/c14-5-9(15)6-20-10-3-8(13(18)19)2-1-7(10)4-12-11(16)17/h1-3,9,12,14-15H,4-6H2,(H,16,17). The Balaban J connectivity index is 2.90. The molecule has 0 aliphatic heterocycles. The molecule has 0 spiro atoms. The van der Waals surface area contributed by atoms with E-state index in [0.717, 1.165) is 6.07 Å². The van der Waals surface area contributed by atoms with Gasteiger partial charge in [0.1, 0.15) is 18.5 Å². The molecule has 0 heterocycles. The van der Waals surface area contributed by atoms with Crippen molar-refractivity contribution in [2.45, 2.75) is 12.6 Å². The fraction of sp³-hybridized carbons (Fsp3) is 0.364. The van der Waals surface area contributed by atoms with Gasteiger partial charge in [-0.3, -0.25) is 10.1 Å². The lowest BCUT2D eigenvalue weighted by molar-refractivity contribution is -0.385. The zero-order chi connectivity index (χ0) is 15.1. The second-order valence-electron chi connectivity index (χ2n) is 3.86. The largest absolute Gasteiger partial charge is 0.490 e. The highest BCUT2D eigenvalue weighted by atomic mass is 16.6. The second kappa shape index (κ2) is 7.26. The Morgan fingerprint density at radius 1 is 1.50 bits per heavy atom. The first-order valence-electron chi connectivity index (χ1n) is 5.60. The van der Waals surface area contributed by atoms with Gasteiger partial charge in [0.05, 0.1) is 17.6 Å². The van der Waals surface area contributed by atoms with E-state index in [1.165, 1.54) is 12.1 Å². The van der Waals surface area contributed by atoms with Crippen LogP contribution in [0.1, 0.15) is 5.56 Å². The molecule has 20 heavy (non-hydrogen) atoms. The van der Waals surface area contributed by atoms with Crippen molar-refractivity contribution in [1.82, 2.24) is 5.32 Å². The summed E-state index contributed by atoms with van der Waals surface area (Å²) in [5, 5.41) is 39.2. The SMILES string of the molecule is O=C(O)NCc1ccc([N+](=O)[O-])cc1OCC(O)CO. The first kappa shape index (κ1) is 15.7. The molecule has 0 fully saturated rings.